The molecule has 0 unspecified atom stereocenters. The van der Waals surface area contributed by atoms with Crippen LogP contribution >= 0.6 is 12.2 Å². The van der Waals surface area contributed by atoms with E-state index >= 15 is 0 Å². The summed E-state index contributed by atoms with van der Waals surface area (Å²) in [7, 11) is 0. The number of rotatable bonds is 3. The predicted octanol–water partition coefficient (Wildman–Crippen LogP) is 2.13. The van der Waals surface area contributed by atoms with Crippen LogP contribution in [-0.4, -0.2) is 29.2 Å². The maximum absolute atomic E-state index is 5.23. The van der Waals surface area contributed by atoms with E-state index in [2.05, 4.69) is 26.6 Å². The van der Waals surface area contributed by atoms with Crippen molar-refractivity contribution in [3.05, 3.63) is 18.3 Å². The van der Waals surface area contributed by atoms with E-state index in [0.29, 0.717) is 11.2 Å². The summed E-state index contributed by atoms with van der Waals surface area (Å²) in [6.07, 6.45) is 6.87. The molecule has 1 saturated carbocycles. The lowest BCUT2D eigenvalue weighted by Crippen LogP contribution is -2.30. The van der Waals surface area contributed by atoms with Gasteiger partial charge in [0, 0.05) is 19.1 Å². The highest BCUT2D eigenvalue weighted by molar-refractivity contribution is 7.80. The Bertz CT molecular complexity index is 421. The van der Waals surface area contributed by atoms with Gasteiger partial charge in [-0.1, -0.05) is 0 Å². The molecule has 0 bridgehead atoms. The molecule has 1 aromatic rings. The summed E-state index contributed by atoms with van der Waals surface area (Å²) in [5.74, 6) is 1.07. The second kappa shape index (κ2) is 5.10. The molecule has 96 valence electrons. The minimum absolute atomic E-state index is 0.585. The van der Waals surface area contributed by atoms with Gasteiger partial charge in [0.2, 0.25) is 0 Å². The third-order valence-electron chi connectivity index (χ3n) is 3.35. The highest BCUT2D eigenvalue weighted by Gasteiger charge is 2.21. The number of anilines is 2. The molecule has 1 saturated heterocycles. The molecule has 2 heterocycles. The Balaban J connectivity index is 1.57. The fraction of sp³-hybridized carbons (Fsp3) is 0.538. The monoisotopic (exact) mass is 262 g/mol. The molecule has 0 aromatic carbocycles. The molecule has 3 rings (SSSR count). The molecule has 18 heavy (non-hydrogen) atoms. The van der Waals surface area contributed by atoms with E-state index in [4.69, 9.17) is 12.2 Å². The normalized spacial score (nSPS) is 18.8. The first-order valence-corrected chi connectivity index (χ1v) is 7.00. The Morgan fingerprint density at radius 3 is 2.67 bits per heavy atom. The van der Waals surface area contributed by atoms with Gasteiger partial charge in [0.1, 0.15) is 5.82 Å². The van der Waals surface area contributed by atoms with Gasteiger partial charge in [-0.2, -0.15) is 0 Å². The van der Waals surface area contributed by atoms with E-state index in [1.807, 2.05) is 12.3 Å². The van der Waals surface area contributed by atoms with Crippen molar-refractivity contribution >= 4 is 28.8 Å². The maximum atomic E-state index is 5.23. The number of nitrogens with one attached hydrogen (secondary N) is 2. The van der Waals surface area contributed by atoms with Crippen molar-refractivity contribution in [2.24, 2.45) is 0 Å². The lowest BCUT2D eigenvalue weighted by molar-refractivity contribution is 0.918. The van der Waals surface area contributed by atoms with E-state index < -0.39 is 0 Å². The van der Waals surface area contributed by atoms with Crippen molar-refractivity contribution in [2.45, 2.75) is 31.7 Å². The second-order valence-corrected chi connectivity index (χ2v) is 5.38. The zero-order valence-electron chi connectivity index (χ0n) is 10.4. The molecule has 0 amide bonds. The number of thiocarbonyl (C=S) groups is 1. The van der Waals surface area contributed by atoms with Crippen LogP contribution in [0.3, 0.4) is 0 Å². The van der Waals surface area contributed by atoms with E-state index in [9.17, 15) is 0 Å². The number of nitrogens with zero attached hydrogens (tertiary/aromatic N) is 2. The first-order valence-electron chi connectivity index (χ1n) is 6.60. The Morgan fingerprint density at radius 1 is 1.28 bits per heavy atom. The van der Waals surface area contributed by atoms with Crippen LogP contribution in [0.4, 0.5) is 11.5 Å². The molecule has 5 heteroatoms. The van der Waals surface area contributed by atoms with E-state index in [-0.39, 0.29) is 0 Å². The van der Waals surface area contributed by atoms with Crippen molar-refractivity contribution < 1.29 is 0 Å². The van der Waals surface area contributed by atoms with Gasteiger partial charge in [0.05, 0.1) is 11.9 Å². The average Bonchev–Trinajstić information content (AvgIpc) is 3.01. The maximum Gasteiger partial charge on any atom is 0.171 e. The molecule has 0 atom stereocenters. The molecular weight excluding hydrogens is 244 g/mol. The SMILES string of the molecule is S=C(Nc1ccc(N2CCCC2)nc1)NC1CC1. The second-order valence-electron chi connectivity index (χ2n) is 4.97. The molecular formula is C13H18N4S. The van der Waals surface area contributed by atoms with Gasteiger partial charge in [0.15, 0.2) is 5.11 Å². The summed E-state index contributed by atoms with van der Waals surface area (Å²) < 4.78 is 0. The first-order chi connectivity index (χ1) is 8.81. The smallest absolute Gasteiger partial charge is 0.171 e. The topological polar surface area (TPSA) is 40.2 Å². The number of hydrogen-bond acceptors (Lipinski definition) is 3. The lowest BCUT2D eigenvalue weighted by Gasteiger charge is -2.16. The number of aromatic nitrogens is 1. The quantitative estimate of drug-likeness (QED) is 0.817. The van der Waals surface area contributed by atoms with Gasteiger partial charge in [-0.05, 0) is 50.0 Å². The molecule has 2 fully saturated rings. The Hall–Kier alpha value is -1.36. The first kappa shape index (κ1) is 11.7. The Labute approximate surface area is 113 Å². The van der Waals surface area contributed by atoms with Crippen LogP contribution in [0.5, 0.6) is 0 Å². The van der Waals surface area contributed by atoms with Crippen molar-refractivity contribution in [2.75, 3.05) is 23.3 Å². The summed E-state index contributed by atoms with van der Waals surface area (Å²) in [4.78, 5) is 6.81. The third-order valence-corrected chi connectivity index (χ3v) is 3.57. The fourth-order valence-corrected chi connectivity index (χ4v) is 2.46. The van der Waals surface area contributed by atoms with Crippen molar-refractivity contribution in [3.8, 4) is 0 Å². The highest BCUT2D eigenvalue weighted by atomic mass is 32.1. The Morgan fingerprint density at radius 2 is 2.06 bits per heavy atom. The summed E-state index contributed by atoms with van der Waals surface area (Å²) in [5, 5.41) is 7.13. The molecule has 1 aromatic heterocycles. The zero-order chi connectivity index (χ0) is 12.4. The third kappa shape index (κ3) is 2.90. The number of hydrogen-bond donors (Lipinski definition) is 2. The molecule has 4 nitrogen and oxygen atoms in total. The van der Waals surface area contributed by atoms with Gasteiger partial charge >= 0.3 is 0 Å². The summed E-state index contributed by atoms with van der Waals surface area (Å²) >= 11 is 5.23. The van der Waals surface area contributed by atoms with Gasteiger partial charge in [-0.25, -0.2) is 4.98 Å². The summed E-state index contributed by atoms with van der Waals surface area (Å²) in [6.45, 7) is 2.25. The van der Waals surface area contributed by atoms with Gasteiger partial charge in [0.25, 0.3) is 0 Å². The van der Waals surface area contributed by atoms with Crippen LogP contribution in [0.15, 0.2) is 18.3 Å². The number of pyridine rings is 1. The lowest BCUT2D eigenvalue weighted by atomic mass is 10.4. The van der Waals surface area contributed by atoms with E-state index in [1.54, 1.807) is 0 Å². The molecule has 2 N–H and O–H groups in total. The van der Waals surface area contributed by atoms with Crippen molar-refractivity contribution in [1.82, 2.24) is 10.3 Å². The van der Waals surface area contributed by atoms with Gasteiger partial charge < -0.3 is 15.5 Å². The highest BCUT2D eigenvalue weighted by Crippen LogP contribution is 2.20. The van der Waals surface area contributed by atoms with Crippen LogP contribution in [0.2, 0.25) is 0 Å². The predicted molar refractivity (Wildman–Crippen MR) is 78.1 cm³/mol. The van der Waals surface area contributed by atoms with Crippen LogP contribution < -0.4 is 15.5 Å². The van der Waals surface area contributed by atoms with Gasteiger partial charge in [-0.15, -0.1) is 0 Å². The molecule has 2 aliphatic rings. The average molecular weight is 262 g/mol. The standard InChI is InChI=1S/C13H18N4S/c18-13(15-10-3-4-10)16-11-5-6-12(14-9-11)17-7-1-2-8-17/h5-6,9-10H,1-4,7-8H2,(H2,15,16,18). The summed E-state index contributed by atoms with van der Waals surface area (Å²) in [6, 6.07) is 4.69. The minimum Gasteiger partial charge on any atom is -0.360 e. The molecule has 1 aliphatic heterocycles. The van der Waals surface area contributed by atoms with Crippen molar-refractivity contribution in [1.29, 1.82) is 0 Å². The molecule has 0 radical (unpaired) electrons. The fourth-order valence-electron chi connectivity index (χ4n) is 2.17. The molecule has 1 aliphatic carbocycles. The Kier molecular flexibility index (Phi) is 3.32. The van der Waals surface area contributed by atoms with E-state index in [1.165, 1.54) is 25.7 Å². The largest absolute Gasteiger partial charge is 0.360 e. The van der Waals surface area contributed by atoms with Crippen LogP contribution in [0.25, 0.3) is 0 Å². The van der Waals surface area contributed by atoms with Crippen LogP contribution in [-0.2, 0) is 0 Å². The van der Waals surface area contributed by atoms with E-state index in [0.717, 1.165) is 24.6 Å². The van der Waals surface area contributed by atoms with Gasteiger partial charge in [-0.3, -0.25) is 0 Å². The van der Waals surface area contributed by atoms with Crippen LogP contribution in [0, 0.1) is 0 Å². The van der Waals surface area contributed by atoms with Crippen LogP contribution in [0.1, 0.15) is 25.7 Å². The molecule has 0 spiro atoms. The summed E-state index contributed by atoms with van der Waals surface area (Å²) in [5.41, 5.74) is 0.955. The minimum atomic E-state index is 0.585. The van der Waals surface area contributed by atoms with Crippen molar-refractivity contribution in [3.63, 3.8) is 0 Å². The zero-order valence-corrected chi connectivity index (χ0v) is 11.2.